The van der Waals surface area contributed by atoms with Crippen molar-refractivity contribution in [3.63, 3.8) is 0 Å². The molecule has 6 heteroatoms. The van der Waals surface area contributed by atoms with Crippen molar-refractivity contribution < 1.29 is 14.3 Å². The number of ether oxygens (including phenoxy) is 2. The van der Waals surface area contributed by atoms with Crippen molar-refractivity contribution in [2.45, 2.75) is 0 Å². The Labute approximate surface area is 162 Å². The Bertz CT molecular complexity index is 899. The van der Waals surface area contributed by atoms with E-state index < -0.39 is 0 Å². The van der Waals surface area contributed by atoms with E-state index in [1.165, 1.54) is 0 Å². The molecule has 3 aromatic rings. The van der Waals surface area contributed by atoms with Gasteiger partial charge in [0.15, 0.2) is 0 Å². The van der Waals surface area contributed by atoms with Gasteiger partial charge in [-0.05, 0) is 54.6 Å². The third-order valence-corrected chi connectivity index (χ3v) is 4.02. The highest BCUT2D eigenvalue weighted by atomic mass is 35.5. The van der Waals surface area contributed by atoms with Crippen LogP contribution in [0.1, 0.15) is 0 Å². The average molecular weight is 383 g/mol. The summed E-state index contributed by atoms with van der Waals surface area (Å²) in [5, 5.41) is 6.29. The standard InChI is InChI=1S/C21H19ClN2O3/c1-26-20-12-9-16(13-19(20)22)24-21(25)14-23-15-7-10-18(11-8-15)27-17-5-3-2-4-6-17/h2-13,23H,14H2,1H3,(H,24,25). The van der Waals surface area contributed by atoms with E-state index >= 15 is 0 Å². The number of hydrogen-bond donors (Lipinski definition) is 2. The molecule has 3 rings (SSSR count). The van der Waals surface area contributed by atoms with Crippen molar-refractivity contribution in [2.75, 3.05) is 24.3 Å². The first-order valence-electron chi connectivity index (χ1n) is 8.34. The molecular formula is C21H19ClN2O3. The number of rotatable bonds is 7. The number of amides is 1. The summed E-state index contributed by atoms with van der Waals surface area (Å²) >= 11 is 6.05. The zero-order chi connectivity index (χ0) is 19.1. The van der Waals surface area contributed by atoms with Crippen molar-refractivity contribution in [3.8, 4) is 17.2 Å². The highest BCUT2D eigenvalue weighted by Crippen LogP contribution is 2.27. The van der Waals surface area contributed by atoms with Crippen LogP contribution in [0.5, 0.6) is 17.2 Å². The number of para-hydroxylation sites is 1. The fourth-order valence-corrected chi connectivity index (χ4v) is 2.65. The molecule has 0 unspecified atom stereocenters. The number of nitrogens with one attached hydrogen (secondary N) is 2. The summed E-state index contributed by atoms with van der Waals surface area (Å²) in [4.78, 5) is 12.1. The predicted molar refractivity (Wildman–Crippen MR) is 108 cm³/mol. The number of carbonyl (C=O) groups is 1. The van der Waals surface area contributed by atoms with Crippen molar-refractivity contribution in [3.05, 3.63) is 77.8 Å². The van der Waals surface area contributed by atoms with Crippen LogP contribution in [0.2, 0.25) is 5.02 Å². The molecule has 0 atom stereocenters. The summed E-state index contributed by atoms with van der Waals surface area (Å²) in [6.07, 6.45) is 0. The minimum absolute atomic E-state index is 0.128. The Morgan fingerprint density at radius 2 is 1.59 bits per heavy atom. The maximum absolute atomic E-state index is 12.1. The molecule has 27 heavy (non-hydrogen) atoms. The summed E-state index contributed by atoms with van der Waals surface area (Å²) in [5.41, 5.74) is 1.43. The van der Waals surface area contributed by atoms with Crippen LogP contribution in [0.4, 0.5) is 11.4 Å². The van der Waals surface area contributed by atoms with Gasteiger partial charge in [0.2, 0.25) is 5.91 Å². The SMILES string of the molecule is COc1ccc(NC(=O)CNc2ccc(Oc3ccccc3)cc2)cc1Cl. The molecule has 0 aliphatic heterocycles. The number of halogens is 1. The highest BCUT2D eigenvalue weighted by Gasteiger charge is 2.06. The second-order valence-corrected chi connectivity index (χ2v) is 6.10. The molecule has 1 amide bonds. The van der Waals surface area contributed by atoms with Gasteiger partial charge >= 0.3 is 0 Å². The molecule has 0 saturated carbocycles. The monoisotopic (exact) mass is 382 g/mol. The summed E-state index contributed by atoms with van der Waals surface area (Å²) < 4.78 is 10.8. The molecule has 3 aromatic carbocycles. The summed E-state index contributed by atoms with van der Waals surface area (Å²) in [6, 6.07) is 22.0. The van der Waals surface area contributed by atoms with Gasteiger partial charge in [0.05, 0.1) is 18.7 Å². The molecule has 0 radical (unpaired) electrons. The van der Waals surface area contributed by atoms with Crippen LogP contribution in [0.15, 0.2) is 72.8 Å². The lowest BCUT2D eigenvalue weighted by atomic mass is 10.3. The molecule has 2 N–H and O–H groups in total. The van der Waals surface area contributed by atoms with E-state index in [9.17, 15) is 4.79 Å². The van der Waals surface area contributed by atoms with E-state index in [-0.39, 0.29) is 12.5 Å². The average Bonchev–Trinajstić information content (AvgIpc) is 2.68. The van der Waals surface area contributed by atoms with E-state index in [1.54, 1.807) is 25.3 Å². The number of methoxy groups -OCH3 is 1. The van der Waals surface area contributed by atoms with E-state index in [4.69, 9.17) is 21.1 Å². The van der Waals surface area contributed by atoms with E-state index in [0.29, 0.717) is 16.5 Å². The Morgan fingerprint density at radius 3 is 2.26 bits per heavy atom. The first kappa shape index (κ1) is 18.6. The van der Waals surface area contributed by atoms with Gasteiger partial charge in [-0.2, -0.15) is 0 Å². The van der Waals surface area contributed by atoms with Crippen molar-refractivity contribution in [1.82, 2.24) is 0 Å². The molecule has 0 fully saturated rings. The minimum atomic E-state index is -0.180. The first-order valence-corrected chi connectivity index (χ1v) is 8.72. The Hall–Kier alpha value is -3.18. The van der Waals surface area contributed by atoms with Crippen LogP contribution in [0.3, 0.4) is 0 Å². The van der Waals surface area contributed by atoms with Crippen LogP contribution >= 0.6 is 11.6 Å². The maximum atomic E-state index is 12.1. The Balaban J connectivity index is 1.50. The normalized spacial score (nSPS) is 10.1. The summed E-state index contributed by atoms with van der Waals surface area (Å²) in [7, 11) is 1.54. The second-order valence-electron chi connectivity index (χ2n) is 5.69. The van der Waals surface area contributed by atoms with Crippen molar-refractivity contribution in [1.29, 1.82) is 0 Å². The van der Waals surface area contributed by atoms with Crippen LogP contribution < -0.4 is 20.1 Å². The summed E-state index contributed by atoms with van der Waals surface area (Å²) in [5.74, 6) is 1.88. The maximum Gasteiger partial charge on any atom is 0.243 e. The first-order chi connectivity index (χ1) is 13.1. The van der Waals surface area contributed by atoms with E-state index in [1.807, 2.05) is 54.6 Å². The molecule has 0 heterocycles. The lowest BCUT2D eigenvalue weighted by Gasteiger charge is -2.10. The van der Waals surface area contributed by atoms with Crippen molar-refractivity contribution in [2.24, 2.45) is 0 Å². The van der Waals surface area contributed by atoms with Crippen LogP contribution in [0, 0.1) is 0 Å². The van der Waals surface area contributed by atoms with Crippen LogP contribution in [-0.2, 0) is 4.79 Å². The van der Waals surface area contributed by atoms with Gasteiger partial charge in [-0.25, -0.2) is 0 Å². The highest BCUT2D eigenvalue weighted by molar-refractivity contribution is 6.32. The van der Waals surface area contributed by atoms with Crippen molar-refractivity contribution >= 4 is 28.9 Å². The topological polar surface area (TPSA) is 59.6 Å². The van der Waals surface area contributed by atoms with Gasteiger partial charge in [-0.15, -0.1) is 0 Å². The molecule has 0 bridgehead atoms. The zero-order valence-corrected chi connectivity index (χ0v) is 15.5. The van der Waals surface area contributed by atoms with Gasteiger partial charge in [0, 0.05) is 11.4 Å². The van der Waals surface area contributed by atoms with Crippen LogP contribution in [-0.4, -0.2) is 19.6 Å². The molecule has 5 nitrogen and oxygen atoms in total. The van der Waals surface area contributed by atoms with Gasteiger partial charge in [-0.3, -0.25) is 4.79 Å². The minimum Gasteiger partial charge on any atom is -0.495 e. The number of benzene rings is 3. The number of hydrogen-bond acceptors (Lipinski definition) is 4. The fraction of sp³-hybridized carbons (Fsp3) is 0.0952. The Morgan fingerprint density at radius 1 is 0.926 bits per heavy atom. The van der Waals surface area contributed by atoms with E-state index in [2.05, 4.69) is 10.6 Å². The van der Waals surface area contributed by atoms with Crippen LogP contribution in [0.25, 0.3) is 0 Å². The quantitative estimate of drug-likeness (QED) is 0.590. The fourth-order valence-electron chi connectivity index (χ4n) is 2.40. The number of carbonyl (C=O) groups excluding carboxylic acids is 1. The summed E-state index contributed by atoms with van der Waals surface area (Å²) in [6.45, 7) is 0.128. The van der Waals surface area contributed by atoms with Gasteiger partial charge in [-0.1, -0.05) is 29.8 Å². The smallest absolute Gasteiger partial charge is 0.243 e. The molecule has 0 spiro atoms. The van der Waals surface area contributed by atoms with E-state index in [0.717, 1.165) is 17.2 Å². The molecule has 0 aliphatic carbocycles. The molecule has 0 aliphatic rings. The third kappa shape index (κ3) is 5.39. The van der Waals surface area contributed by atoms with Gasteiger partial charge < -0.3 is 20.1 Å². The molecular weight excluding hydrogens is 364 g/mol. The second kappa shape index (κ2) is 8.96. The molecule has 138 valence electrons. The zero-order valence-electron chi connectivity index (χ0n) is 14.7. The lowest BCUT2D eigenvalue weighted by Crippen LogP contribution is -2.21. The lowest BCUT2D eigenvalue weighted by molar-refractivity contribution is -0.114. The number of anilines is 2. The third-order valence-electron chi connectivity index (χ3n) is 3.72. The molecule has 0 saturated heterocycles. The van der Waals surface area contributed by atoms with Gasteiger partial charge in [0.1, 0.15) is 17.2 Å². The predicted octanol–water partition coefficient (Wildman–Crippen LogP) is 5.19. The Kier molecular flexibility index (Phi) is 6.18. The molecule has 0 aromatic heterocycles. The largest absolute Gasteiger partial charge is 0.495 e. The van der Waals surface area contributed by atoms with Gasteiger partial charge in [0.25, 0.3) is 0 Å².